The number of aromatic amines is 1. The molecule has 4 N–H and O–H groups in total. The Bertz CT molecular complexity index is 974. The zero-order chi connectivity index (χ0) is 22.4. The van der Waals surface area contributed by atoms with Crippen LogP contribution >= 0.6 is 0 Å². The van der Waals surface area contributed by atoms with Crippen molar-refractivity contribution in [2.75, 3.05) is 6.56 Å². The normalized spacial score (nSPS) is 31.6. The maximum absolute atomic E-state index is 15.3. The van der Waals surface area contributed by atoms with Crippen molar-refractivity contribution in [3.63, 3.8) is 0 Å². The number of hydrogen-bond donors (Lipinski definition) is 3. The second kappa shape index (κ2) is 7.41. The minimum absolute atomic E-state index is 0.313. The summed E-state index contributed by atoms with van der Waals surface area (Å²) in [6.07, 6.45) is -0.377. The molecule has 0 amide bonds. The zero-order valence-electron chi connectivity index (χ0n) is 17.0. The Kier molecular flexibility index (Phi) is 4.49. The van der Waals surface area contributed by atoms with Crippen LogP contribution in [0.4, 0.5) is 4.39 Å². The number of halogens is 1. The Balaban J connectivity index is 2.43. The van der Waals surface area contributed by atoms with Gasteiger partial charge in [-0.2, -0.15) is 0 Å². The third kappa shape index (κ3) is 4.01. The number of hydrogen-bond acceptors (Lipinski definition) is 7. The predicted octanol–water partition coefficient (Wildman–Crippen LogP) is -1.01. The lowest BCUT2D eigenvalue weighted by molar-refractivity contribution is -0.196. The molecule has 10 heteroatoms. The number of aromatic nitrogens is 2. The first-order valence-electron chi connectivity index (χ1n) is 9.07. The fraction of sp³-hybridized carbons (Fsp3) is 0.562. The molecule has 1 saturated heterocycles. The topological polar surface area (TPSA) is 137 Å². The van der Waals surface area contributed by atoms with E-state index in [0.717, 1.165) is 0 Å². The lowest BCUT2D eigenvalue weighted by atomic mass is 10.1. The van der Waals surface area contributed by atoms with Crippen LogP contribution in [0.1, 0.15) is 36.1 Å². The number of rotatable bonds is 5. The van der Waals surface area contributed by atoms with E-state index < -0.39 is 65.9 Å². The first-order chi connectivity index (χ1) is 13.2. The third-order valence-electron chi connectivity index (χ3n) is 3.64. The summed E-state index contributed by atoms with van der Waals surface area (Å²) in [5, 5.41) is 10.2. The number of terminal acetylenes is 1. The minimum Gasteiger partial charge on any atom is -0.458 e. The number of aliphatic hydroxyl groups excluding tert-OH is 1. The zero-order valence-corrected chi connectivity index (χ0v) is 14.0. The SMILES string of the molecule is [2H]C([2H])(OC(=O)[C@@H](N)C(C)C)[C@]1(F)C[C@@H](O)[C@]([2H])(n2cc(C#C)c(=O)[nH]c2=O)O1. The van der Waals surface area contributed by atoms with E-state index in [9.17, 15) is 19.5 Å². The predicted molar refractivity (Wildman–Crippen MR) is 87.6 cm³/mol. The van der Waals surface area contributed by atoms with Crippen LogP contribution in [0.25, 0.3) is 0 Å². The number of nitrogens with zero attached hydrogens (tertiary/aromatic N) is 1. The van der Waals surface area contributed by atoms with E-state index in [1.807, 2.05) is 5.92 Å². The van der Waals surface area contributed by atoms with Gasteiger partial charge in [0.1, 0.15) is 17.7 Å². The Morgan fingerprint density at radius 2 is 2.42 bits per heavy atom. The summed E-state index contributed by atoms with van der Waals surface area (Å²) in [6.45, 7) is -0.354. The van der Waals surface area contributed by atoms with Gasteiger partial charge in [-0.05, 0) is 5.92 Å². The van der Waals surface area contributed by atoms with Crippen LogP contribution in [0.15, 0.2) is 15.8 Å². The summed E-state index contributed by atoms with van der Waals surface area (Å²) in [4.78, 5) is 37.4. The summed E-state index contributed by atoms with van der Waals surface area (Å²) in [6, 6.07) is -1.26. The Morgan fingerprint density at radius 3 is 3.00 bits per heavy atom. The van der Waals surface area contributed by atoms with Crippen molar-refractivity contribution in [1.29, 1.82) is 0 Å². The average Bonchev–Trinajstić information content (AvgIpc) is 2.84. The Morgan fingerprint density at radius 1 is 1.77 bits per heavy atom. The van der Waals surface area contributed by atoms with E-state index in [1.54, 1.807) is 18.8 Å². The molecule has 0 bridgehead atoms. The highest BCUT2D eigenvalue weighted by Crippen LogP contribution is 2.37. The molecule has 2 heterocycles. The number of nitrogens with one attached hydrogen (secondary N) is 1. The van der Waals surface area contributed by atoms with Gasteiger partial charge in [-0.3, -0.25) is 19.1 Å². The molecular weight excluding hydrogens is 349 g/mol. The van der Waals surface area contributed by atoms with Gasteiger partial charge in [-0.15, -0.1) is 6.42 Å². The fourth-order valence-electron chi connectivity index (χ4n) is 2.09. The molecule has 1 aromatic rings. The number of alkyl halides is 1. The van der Waals surface area contributed by atoms with Crippen molar-refractivity contribution in [2.24, 2.45) is 11.7 Å². The molecule has 1 aliphatic heterocycles. The van der Waals surface area contributed by atoms with Gasteiger partial charge in [-0.1, -0.05) is 19.8 Å². The van der Waals surface area contributed by atoms with Crippen molar-refractivity contribution in [3.8, 4) is 12.3 Å². The number of ether oxygens (including phenoxy) is 2. The largest absolute Gasteiger partial charge is 0.458 e. The summed E-state index contributed by atoms with van der Waals surface area (Å²) in [5.74, 6) is -3.29. The van der Waals surface area contributed by atoms with E-state index in [-0.39, 0.29) is 0 Å². The van der Waals surface area contributed by atoms with E-state index in [2.05, 4.69) is 4.74 Å². The third-order valence-corrected chi connectivity index (χ3v) is 3.64. The van der Waals surface area contributed by atoms with E-state index in [0.29, 0.717) is 10.8 Å². The number of H-pyrrole nitrogens is 1. The highest BCUT2D eigenvalue weighted by atomic mass is 19.2. The molecule has 0 unspecified atom stereocenters. The first kappa shape index (κ1) is 15.7. The van der Waals surface area contributed by atoms with E-state index in [1.165, 1.54) is 0 Å². The summed E-state index contributed by atoms with van der Waals surface area (Å²) in [5.41, 5.74) is 2.93. The van der Waals surface area contributed by atoms with Crippen LogP contribution in [0, 0.1) is 18.3 Å². The standard InChI is InChI=1S/C16H20FN3O6/c1-4-9-6-20(15(24)19-12(9)22)13-10(21)5-16(17,26-13)7-25-14(23)11(18)8(2)3/h1,6,8,10-11,13,21H,5,7,18H2,2-3H3,(H,19,22,24)/t10-,11+,13-,16+/m1/s1/i7D2,13D. The molecule has 0 spiro atoms. The Labute approximate surface area is 152 Å². The summed E-state index contributed by atoms with van der Waals surface area (Å²) in [7, 11) is 0. The monoisotopic (exact) mass is 372 g/mol. The minimum atomic E-state index is -3.52. The fourth-order valence-corrected chi connectivity index (χ4v) is 2.09. The van der Waals surface area contributed by atoms with Crippen LogP contribution in [0.5, 0.6) is 0 Å². The van der Waals surface area contributed by atoms with Crippen molar-refractivity contribution in [3.05, 3.63) is 32.6 Å². The molecule has 1 aliphatic rings. The number of carbonyl (C=O) groups excluding carboxylic acids is 1. The lowest BCUT2D eigenvalue weighted by Gasteiger charge is -2.22. The number of nitrogens with two attached hydrogens (primary N) is 1. The van der Waals surface area contributed by atoms with Gasteiger partial charge in [0.15, 0.2) is 12.8 Å². The van der Waals surface area contributed by atoms with Gasteiger partial charge in [0.2, 0.25) is 5.85 Å². The van der Waals surface area contributed by atoms with Gasteiger partial charge in [0.25, 0.3) is 5.56 Å². The lowest BCUT2D eigenvalue weighted by Crippen LogP contribution is -2.40. The van der Waals surface area contributed by atoms with Crippen molar-refractivity contribution >= 4 is 5.97 Å². The van der Waals surface area contributed by atoms with Gasteiger partial charge in [0, 0.05) is 12.6 Å². The second-order valence-corrected chi connectivity index (χ2v) is 6.00. The molecule has 2 rings (SSSR count). The van der Waals surface area contributed by atoms with Crippen LogP contribution in [-0.2, 0) is 14.3 Å². The number of carbonyl (C=O) groups is 1. The van der Waals surface area contributed by atoms with Gasteiger partial charge in [0.05, 0.1) is 4.11 Å². The highest BCUT2D eigenvalue weighted by molar-refractivity contribution is 5.75. The van der Waals surface area contributed by atoms with Crippen LogP contribution in [-0.4, -0.2) is 45.2 Å². The molecule has 142 valence electrons. The molecule has 9 nitrogen and oxygen atoms in total. The molecule has 4 atom stereocenters. The second-order valence-electron chi connectivity index (χ2n) is 6.00. The molecule has 0 aliphatic carbocycles. The van der Waals surface area contributed by atoms with Crippen LogP contribution < -0.4 is 17.0 Å². The van der Waals surface area contributed by atoms with Gasteiger partial charge < -0.3 is 20.3 Å². The smallest absolute Gasteiger partial charge is 0.330 e. The first-order valence-corrected chi connectivity index (χ1v) is 7.57. The number of esters is 1. The molecule has 1 aromatic heterocycles. The van der Waals surface area contributed by atoms with Crippen molar-refractivity contribution < 1.29 is 27.9 Å². The van der Waals surface area contributed by atoms with Crippen molar-refractivity contribution in [2.45, 2.75) is 44.5 Å². The molecule has 26 heavy (non-hydrogen) atoms. The molecule has 0 aromatic carbocycles. The molecule has 0 radical (unpaired) electrons. The van der Waals surface area contributed by atoms with Crippen LogP contribution in [0.2, 0.25) is 0 Å². The van der Waals surface area contributed by atoms with Crippen molar-refractivity contribution in [1.82, 2.24) is 9.55 Å². The maximum atomic E-state index is 15.3. The highest BCUT2D eigenvalue weighted by Gasteiger charge is 2.49. The number of aliphatic hydroxyl groups is 1. The summed E-state index contributed by atoms with van der Waals surface area (Å²) < 4.78 is 48.7. The van der Waals surface area contributed by atoms with E-state index in [4.69, 9.17) is 21.0 Å². The molecule has 1 fully saturated rings. The summed E-state index contributed by atoms with van der Waals surface area (Å²) >= 11 is 0. The quantitative estimate of drug-likeness (QED) is 0.445. The van der Waals surface area contributed by atoms with E-state index >= 15 is 4.39 Å². The molecular formula is C16H20FN3O6. The van der Waals surface area contributed by atoms with Gasteiger partial charge in [-0.25, -0.2) is 9.18 Å². The molecule has 0 saturated carbocycles. The van der Waals surface area contributed by atoms with Gasteiger partial charge >= 0.3 is 11.7 Å². The van der Waals surface area contributed by atoms with Crippen LogP contribution in [0.3, 0.4) is 0 Å². The maximum Gasteiger partial charge on any atom is 0.330 e. The Hall–Kier alpha value is -2.48. The average molecular weight is 372 g/mol.